The number of anilines is 1. The highest BCUT2D eigenvalue weighted by atomic mass is 79.9. The van der Waals surface area contributed by atoms with E-state index in [-0.39, 0.29) is 0 Å². The fourth-order valence-corrected chi connectivity index (χ4v) is 1.83. The van der Waals surface area contributed by atoms with Gasteiger partial charge in [-0.15, -0.1) is 0 Å². The van der Waals surface area contributed by atoms with E-state index in [0.29, 0.717) is 0 Å². The molecule has 0 atom stereocenters. The lowest BCUT2D eigenvalue weighted by molar-refractivity contribution is 1.05. The third kappa shape index (κ3) is 2.44. The van der Waals surface area contributed by atoms with E-state index < -0.39 is 0 Å². The second kappa shape index (κ2) is 4.70. The van der Waals surface area contributed by atoms with Crippen molar-refractivity contribution < 1.29 is 0 Å². The molecule has 0 aliphatic carbocycles. The van der Waals surface area contributed by atoms with Crippen molar-refractivity contribution in [2.75, 3.05) is 5.32 Å². The summed E-state index contributed by atoms with van der Waals surface area (Å²) < 4.78 is 1.12. The molecule has 0 aliphatic rings. The van der Waals surface area contributed by atoms with Gasteiger partial charge in [0.15, 0.2) is 0 Å². The molecule has 0 unspecified atom stereocenters. The van der Waals surface area contributed by atoms with Crippen LogP contribution in [0.25, 0.3) is 0 Å². The zero-order valence-electron chi connectivity index (χ0n) is 9.34. The van der Waals surface area contributed by atoms with Crippen LogP contribution in [0.3, 0.4) is 0 Å². The topological polar surface area (TPSA) is 40.7 Å². The number of rotatable bonds is 3. The van der Waals surface area contributed by atoms with Gasteiger partial charge in [0.05, 0.1) is 18.6 Å². The van der Waals surface area contributed by atoms with Gasteiger partial charge >= 0.3 is 0 Å². The fraction of sp³-hybridized carbons (Fsp3) is 0.250. The molecular formula is C12H14BrN3. The second-order valence-corrected chi connectivity index (χ2v) is 4.65. The van der Waals surface area contributed by atoms with Crippen LogP contribution in [-0.2, 0) is 6.54 Å². The van der Waals surface area contributed by atoms with Crippen molar-refractivity contribution in [2.45, 2.75) is 20.4 Å². The molecule has 0 saturated carbocycles. The second-order valence-electron chi connectivity index (χ2n) is 3.79. The Kier molecular flexibility index (Phi) is 3.29. The van der Waals surface area contributed by atoms with Gasteiger partial charge in [-0.2, -0.15) is 0 Å². The summed E-state index contributed by atoms with van der Waals surface area (Å²) in [6.45, 7) is 4.84. The SMILES string of the molecule is Cc1ccc(NCc2nc[nH]c2C)cc1Br. The Morgan fingerprint density at radius 2 is 2.19 bits per heavy atom. The molecule has 1 heterocycles. The highest BCUT2D eigenvalue weighted by Gasteiger charge is 2.01. The number of nitrogens with zero attached hydrogens (tertiary/aromatic N) is 1. The summed E-state index contributed by atoms with van der Waals surface area (Å²) >= 11 is 3.52. The molecule has 0 saturated heterocycles. The number of hydrogen-bond acceptors (Lipinski definition) is 2. The maximum atomic E-state index is 4.24. The first-order valence-corrected chi connectivity index (χ1v) is 5.95. The molecule has 1 aromatic carbocycles. The van der Waals surface area contributed by atoms with E-state index in [1.807, 2.05) is 6.92 Å². The Labute approximate surface area is 103 Å². The van der Waals surface area contributed by atoms with E-state index in [2.05, 4.69) is 56.3 Å². The smallest absolute Gasteiger partial charge is 0.0925 e. The van der Waals surface area contributed by atoms with E-state index in [1.165, 1.54) is 5.56 Å². The van der Waals surface area contributed by atoms with Gasteiger partial charge in [-0.1, -0.05) is 22.0 Å². The molecule has 84 valence electrons. The summed E-state index contributed by atoms with van der Waals surface area (Å²) in [7, 11) is 0. The van der Waals surface area contributed by atoms with E-state index in [9.17, 15) is 0 Å². The van der Waals surface area contributed by atoms with E-state index in [1.54, 1.807) is 6.33 Å². The first kappa shape index (κ1) is 11.2. The summed E-state index contributed by atoms with van der Waals surface area (Å²) in [5.41, 5.74) is 4.50. The lowest BCUT2D eigenvalue weighted by atomic mass is 10.2. The number of H-pyrrole nitrogens is 1. The molecular weight excluding hydrogens is 266 g/mol. The lowest BCUT2D eigenvalue weighted by Gasteiger charge is -2.07. The number of halogens is 1. The van der Waals surface area contributed by atoms with Gasteiger partial charge in [-0.3, -0.25) is 0 Å². The minimum atomic E-state index is 0.741. The number of benzene rings is 1. The van der Waals surface area contributed by atoms with Crippen LogP contribution in [0.15, 0.2) is 29.0 Å². The summed E-state index contributed by atoms with van der Waals surface area (Å²) in [4.78, 5) is 7.31. The molecule has 4 heteroatoms. The molecule has 2 rings (SSSR count). The van der Waals surface area contributed by atoms with Crippen LogP contribution in [0, 0.1) is 13.8 Å². The largest absolute Gasteiger partial charge is 0.379 e. The van der Waals surface area contributed by atoms with Crippen LogP contribution >= 0.6 is 15.9 Å². The summed E-state index contributed by atoms with van der Waals surface area (Å²) in [6.07, 6.45) is 1.72. The monoisotopic (exact) mass is 279 g/mol. The molecule has 3 nitrogen and oxygen atoms in total. The van der Waals surface area contributed by atoms with Gasteiger partial charge in [-0.25, -0.2) is 4.98 Å². The summed E-state index contributed by atoms with van der Waals surface area (Å²) in [6, 6.07) is 6.24. The van der Waals surface area contributed by atoms with Crippen molar-refractivity contribution in [1.82, 2.24) is 9.97 Å². The van der Waals surface area contributed by atoms with Crippen molar-refractivity contribution in [3.63, 3.8) is 0 Å². The first-order chi connectivity index (χ1) is 7.66. The average molecular weight is 280 g/mol. The van der Waals surface area contributed by atoms with Crippen LogP contribution in [0.2, 0.25) is 0 Å². The average Bonchev–Trinajstić information content (AvgIpc) is 2.66. The minimum absolute atomic E-state index is 0.741. The Balaban J connectivity index is 2.05. The number of aromatic amines is 1. The number of hydrogen-bond donors (Lipinski definition) is 2. The Bertz CT molecular complexity index is 491. The maximum absolute atomic E-state index is 4.24. The van der Waals surface area contributed by atoms with Crippen molar-refractivity contribution >= 4 is 21.6 Å². The quantitative estimate of drug-likeness (QED) is 0.904. The molecule has 16 heavy (non-hydrogen) atoms. The minimum Gasteiger partial charge on any atom is -0.379 e. The number of aryl methyl sites for hydroxylation is 2. The molecule has 0 spiro atoms. The van der Waals surface area contributed by atoms with Gasteiger partial charge in [0.1, 0.15) is 0 Å². The summed E-state index contributed by atoms with van der Waals surface area (Å²) in [5, 5.41) is 3.34. The van der Waals surface area contributed by atoms with Gasteiger partial charge in [0.25, 0.3) is 0 Å². The summed E-state index contributed by atoms with van der Waals surface area (Å²) in [5.74, 6) is 0. The molecule has 0 bridgehead atoms. The lowest BCUT2D eigenvalue weighted by Crippen LogP contribution is -2.01. The van der Waals surface area contributed by atoms with Gasteiger partial charge in [-0.05, 0) is 31.5 Å². The number of imidazole rings is 1. The highest BCUT2D eigenvalue weighted by molar-refractivity contribution is 9.10. The maximum Gasteiger partial charge on any atom is 0.0925 e. The van der Waals surface area contributed by atoms with Crippen molar-refractivity contribution in [3.8, 4) is 0 Å². The predicted molar refractivity (Wildman–Crippen MR) is 69.5 cm³/mol. The van der Waals surface area contributed by atoms with Crippen LogP contribution in [0.4, 0.5) is 5.69 Å². The van der Waals surface area contributed by atoms with E-state index >= 15 is 0 Å². The Morgan fingerprint density at radius 3 is 2.81 bits per heavy atom. The van der Waals surface area contributed by atoms with Crippen LogP contribution in [-0.4, -0.2) is 9.97 Å². The third-order valence-corrected chi connectivity index (χ3v) is 3.42. The molecule has 2 aromatic rings. The predicted octanol–water partition coefficient (Wildman–Crippen LogP) is 3.40. The van der Waals surface area contributed by atoms with Gasteiger partial charge < -0.3 is 10.3 Å². The normalized spacial score (nSPS) is 10.4. The van der Waals surface area contributed by atoms with E-state index in [0.717, 1.165) is 28.1 Å². The number of aromatic nitrogens is 2. The Hall–Kier alpha value is -1.29. The highest BCUT2D eigenvalue weighted by Crippen LogP contribution is 2.21. The standard InChI is InChI=1S/C12H14BrN3/c1-8-3-4-10(5-11(8)13)14-6-12-9(2)15-7-16-12/h3-5,7,14H,6H2,1-2H3,(H,15,16). The molecule has 1 aromatic heterocycles. The zero-order valence-corrected chi connectivity index (χ0v) is 10.9. The van der Waals surface area contributed by atoms with Crippen LogP contribution in [0.1, 0.15) is 17.0 Å². The van der Waals surface area contributed by atoms with Crippen LogP contribution in [0.5, 0.6) is 0 Å². The van der Waals surface area contributed by atoms with Gasteiger partial charge in [0.2, 0.25) is 0 Å². The molecule has 0 aliphatic heterocycles. The molecule has 0 radical (unpaired) electrons. The first-order valence-electron chi connectivity index (χ1n) is 5.15. The third-order valence-electron chi connectivity index (χ3n) is 2.57. The fourth-order valence-electron chi connectivity index (χ4n) is 1.45. The van der Waals surface area contributed by atoms with E-state index in [4.69, 9.17) is 0 Å². The zero-order chi connectivity index (χ0) is 11.5. The van der Waals surface area contributed by atoms with Crippen LogP contribution < -0.4 is 5.32 Å². The molecule has 0 fully saturated rings. The molecule has 0 amide bonds. The van der Waals surface area contributed by atoms with Gasteiger partial charge in [0, 0.05) is 15.9 Å². The molecule has 2 N–H and O–H groups in total. The van der Waals surface area contributed by atoms with Crippen molar-refractivity contribution in [1.29, 1.82) is 0 Å². The number of nitrogens with one attached hydrogen (secondary N) is 2. The van der Waals surface area contributed by atoms with Crippen molar-refractivity contribution in [3.05, 3.63) is 46.0 Å². The Morgan fingerprint density at radius 1 is 1.38 bits per heavy atom. The van der Waals surface area contributed by atoms with Crippen molar-refractivity contribution in [2.24, 2.45) is 0 Å².